The highest BCUT2D eigenvalue weighted by atomic mass is 16.7. The molecule has 0 saturated carbocycles. The van der Waals surface area contributed by atoms with Gasteiger partial charge in [-0.05, 0) is 31.2 Å². The summed E-state index contributed by atoms with van der Waals surface area (Å²) in [4.78, 5) is 11.7. The van der Waals surface area contributed by atoms with E-state index in [4.69, 9.17) is 18.6 Å². The molecule has 0 bridgehead atoms. The minimum atomic E-state index is -0.453. The van der Waals surface area contributed by atoms with Crippen LogP contribution in [0.1, 0.15) is 19.1 Å². The topological polar surface area (TPSA) is 57.9 Å². The van der Waals surface area contributed by atoms with Gasteiger partial charge in [-0.2, -0.15) is 0 Å². The lowest BCUT2D eigenvalue weighted by molar-refractivity contribution is -0.144. The van der Waals surface area contributed by atoms with Crippen LogP contribution in [0.5, 0.6) is 0 Å². The summed E-state index contributed by atoms with van der Waals surface area (Å²) in [6, 6.07) is 3.51. The van der Waals surface area contributed by atoms with Crippen LogP contribution in [-0.2, 0) is 19.0 Å². The molecule has 0 N–H and O–H groups in total. The molecule has 0 aromatic carbocycles. The number of methoxy groups -OCH3 is 1. The van der Waals surface area contributed by atoms with E-state index < -0.39 is 11.6 Å². The lowest BCUT2D eigenvalue weighted by atomic mass is 10.1. The van der Waals surface area contributed by atoms with Crippen molar-refractivity contribution >= 4 is 12.0 Å². The molecular weight excluding hydrogens is 260 g/mol. The van der Waals surface area contributed by atoms with Crippen molar-refractivity contribution < 1.29 is 23.4 Å². The van der Waals surface area contributed by atoms with Gasteiger partial charge in [0.05, 0.1) is 11.9 Å². The number of esters is 1. The number of rotatable bonds is 6. The van der Waals surface area contributed by atoms with E-state index in [1.165, 1.54) is 6.08 Å². The van der Waals surface area contributed by atoms with Crippen LogP contribution >= 0.6 is 0 Å². The van der Waals surface area contributed by atoms with Gasteiger partial charge in [-0.1, -0.05) is 6.08 Å². The van der Waals surface area contributed by atoms with Gasteiger partial charge in [0.15, 0.2) is 0 Å². The summed E-state index contributed by atoms with van der Waals surface area (Å²) in [7, 11) is 1.57. The number of furan rings is 1. The molecule has 20 heavy (non-hydrogen) atoms. The predicted molar refractivity (Wildman–Crippen MR) is 72.7 cm³/mol. The molecule has 1 aliphatic rings. The summed E-state index contributed by atoms with van der Waals surface area (Å²) in [5, 5.41) is 0. The maximum atomic E-state index is 11.7. The molecule has 2 atom stereocenters. The zero-order valence-corrected chi connectivity index (χ0v) is 11.6. The molecular formula is C15H18O5. The molecule has 1 aromatic heterocycles. The minimum absolute atomic E-state index is 0.208. The second-order valence-electron chi connectivity index (χ2n) is 4.75. The number of carbonyl (C=O) groups excluding carboxylic acids is 1. The van der Waals surface area contributed by atoms with Crippen molar-refractivity contribution in [2.45, 2.75) is 25.0 Å². The van der Waals surface area contributed by atoms with Crippen LogP contribution in [0.2, 0.25) is 0 Å². The molecule has 1 heterocycles. The number of hydrogen-bond acceptors (Lipinski definition) is 5. The Bertz CT molecular complexity index is 488. The van der Waals surface area contributed by atoms with E-state index in [0.29, 0.717) is 12.2 Å². The molecule has 0 radical (unpaired) electrons. The molecule has 0 fully saturated rings. The Balaban J connectivity index is 1.80. The van der Waals surface area contributed by atoms with E-state index in [1.54, 1.807) is 31.6 Å². The minimum Gasteiger partial charge on any atom is -0.465 e. The standard InChI is InChI=1S/C15H18O5/c1-15(19-11-17-2)8-7-13(10-15)20-14(16)6-5-12-4-3-9-18-12/h3-9,13H,10-11H2,1-2H3/b6-5+/t13-,15-/m1/s1. The van der Waals surface area contributed by atoms with E-state index in [-0.39, 0.29) is 12.9 Å². The zero-order valence-electron chi connectivity index (χ0n) is 11.6. The van der Waals surface area contributed by atoms with Gasteiger partial charge >= 0.3 is 5.97 Å². The molecule has 5 nitrogen and oxygen atoms in total. The van der Waals surface area contributed by atoms with Crippen molar-refractivity contribution in [3.63, 3.8) is 0 Å². The van der Waals surface area contributed by atoms with Gasteiger partial charge in [-0.15, -0.1) is 0 Å². The number of carbonyl (C=O) groups is 1. The maximum absolute atomic E-state index is 11.7. The molecule has 5 heteroatoms. The van der Waals surface area contributed by atoms with Crippen molar-refractivity contribution in [1.29, 1.82) is 0 Å². The van der Waals surface area contributed by atoms with E-state index >= 15 is 0 Å². The summed E-state index contributed by atoms with van der Waals surface area (Å²) in [5.41, 5.74) is -0.453. The maximum Gasteiger partial charge on any atom is 0.331 e. The molecule has 108 valence electrons. The molecule has 1 aromatic rings. The second kappa shape index (κ2) is 6.54. The third kappa shape index (κ3) is 4.08. The highest BCUT2D eigenvalue weighted by Gasteiger charge is 2.32. The molecule has 0 unspecified atom stereocenters. The summed E-state index contributed by atoms with van der Waals surface area (Å²) in [6.07, 6.45) is 8.47. The fourth-order valence-corrected chi connectivity index (χ4v) is 1.95. The third-order valence-corrected chi connectivity index (χ3v) is 2.97. The Hall–Kier alpha value is -1.85. The Labute approximate surface area is 117 Å². The van der Waals surface area contributed by atoms with E-state index in [2.05, 4.69) is 0 Å². The van der Waals surface area contributed by atoms with Crippen molar-refractivity contribution in [1.82, 2.24) is 0 Å². The fourth-order valence-electron chi connectivity index (χ4n) is 1.95. The molecule has 0 saturated heterocycles. The molecule has 2 rings (SSSR count). The first-order valence-electron chi connectivity index (χ1n) is 6.36. The molecule has 0 amide bonds. The van der Waals surface area contributed by atoms with Gasteiger partial charge in [0.2, 0.25) is 0 Å². The third-order valence-electron chi connectivity index (χ3n) is 2.97. The largest absolute Gasteiger partial charge is 0.465 e. The lowest BCUT2D eigenvalue weighted by Gasteiger charge is -2.23. The van der Waals surface area contributed by atoms with E-state index in [9.17, 15) is 4.79 Å². The highest BCUT2D eigenvalue weighted by molar-refractivity contribution is 5.86. The van der Waals surface area contributed by atoms with Crippen LogP contribution in [0, 0.1) is 0 Å². The van der Waals surface area contributed by atoms with Gasteiger partial charge < -0.3 is 18.6 Å². The van der Waals surface area contributed by atoms with Crippen molar-refractivity contribution in [3.05, 3.63) is 42.4 Å². The molecule has 0 aliphatic heterocycles. The van der Waals surface area contributed by atoms with Crippen LogP contribution < -0.4 is 0 Å². The van der Waals surface area contributed by atoms with Crippen LogP contribution in [0.4, 0.5) is 0 Å². The molecule has 1 aliphatic carbocycles. The normalized spacial score (nSPS) is 25.4. The van der Waals surface area contributed by atoms with Crippen molar-refractivity contribution in [2.75, 3.05) is 13.9 Å². The Morgan fingerprint density at radius 1 is 1.60 bits per heavy atom. The van der Waals surface area contributed by atoms with Gasteiger partial charge in [-0.25, -0.2) is 4.79 Å². The average Bonchev–Trinajstić information content (AvgIpc) is 3.05. The van der Waals surface area contributed by atoms with Crippen LogP contribution in [0.3, 0.4) is 0 Å². The molecule has 0 spiro atoms. The first-order valence-corrected chi connectivity index (χ1v) is 6.36. The first kappa shape index (κ1) is 14.6. The lowest BCUT2D eigenvalue weighted by Crippen LogP contribution is -2.28. The van der Waals surface area contributed by atoms with Crippen molar-refractivity contribution in [2.24, 2.45) is 0 Å². The smallest absolute Gasteiger partial charge is 0.331 e. The fraction of sp³-hybridized carbons (Fsp3) is 0.400. The number of ether oxygens (including phenoxy) is 3. The number of hydrogen-bond donors (Lipinski definition) is 0. The highest BCUT2D eigenvalue weighted by Crippen LogP contribution is 2.28. The summed E-state index contributed by atoms with van der Waals surface area (Å²) < 4.78 is 20.8. The van der Waals surface area contributed by atoms with Crippen LogP contribution in [-0.4, -0.2) is 31.6 Å². The van der Waals surface area contributed by atoms with Crippen LogP contribution in [0.25, 0.3) is 6.08 Å². The summed E-state index contributed by atoms with van der Waals surface area (Å²) >= 11 is 0. The zero-order chi connectivity index (χ0) is 14.4. The van der Waals surface area contributed by atoms with Crippen molar-refractivity contribution in [3.8, 4) is 0 Å². The monoisotopic (exact) mass is 278 g/mol. The van der Waals surface area contributed by atoms with Gasteiger partial charge in [0.25, 0.3) is 0 Å². The summed E-state index contributed by atoms with van der Waals surface area (Å²) in [6.45, 7) is 2.13. The average molecular weight is 278 g/mol. The Morgan fingerprint density at radius 2 is 2.45 bits per heavy atom. The Morgan fingerprint density at radius 3 is 3.15 bits per heavy atom. The van der Waals surface area contributed by atoms with E-state index in [1.807, 2.05) is 19.1 Å². The quantitative estimate of drug-likeness (QED) is 0.346. The second-order valence-corrected chi connectivity index (χ2v) is 4.75. The summed E-state index contributed by atoms with van der Waals surface area (Å²) in [5.74, 6) is 0.198. The predicted octanol–water partition coefficient (Wildman–Crippen LogP) is 2.54. The van der Waals surface area contributed by atoms with Gasteiger partial charge in [0.1, 0.15) is 18.7 Å². The van der Waals surface area contributed by atoms with Crippen LogP contribution in [0.15, 0.2) is 41.0 Å². The Kier molecular flexibility index (Phi) is 4.76. The van der Waals surface area contributed by atoms with Gasteiger partial charge in [-0.3, -0.25) is 0 Å². The SMILES string of the molecule is COCO[C@]1(C)C=C[C@@H](OC(=O)/C=C/c2ccco2)C1. The van der Waals surface area contributed by atoms with E-state index in [0.717, 1.165) is 0 Å². The van der Waals surface area contributed by atoms with Gasteiger partial charge in [0, 0.05) is 19.6 Å². The first-order chi connectivity index (χ1) is 9.61.